The second kappa shape index (κ2) is 10.8. The molecule has 0 unspecified atom stereocenters. The SMILES string of the molecule is CCOc1cc(C=Nn2c(C)nc3ccc(Br)cc3c2=O)c(Br)c(Br)c1Oc1ccc([N+](=O)[O-])cn1. The number of nitrogens with zero attached hydrogens (tertiary/aromatic N) is 5. The second-order valence-electron chi connectivity index (χ2n) is 7.25. The van der Waals surface area contributed by atoms with Crippen molar-refractivity contribution in [2.45, 2.75) is 13.8 Å². The molecule has 0 fully saturated rings. The Kier molecular flexibility index (Phi) is 7.81. The van der Waals surface area contributed by atoms with Crippen LogP contribution in [-0.2, 0) is 0 Å². The topological polar surface area (TPSA) is 122 Å². The minimum absolute atomic E-state index is 0.145. The fourth-order valence-corrected chi connectivity index (χ4v) is 4.48. The van der Waals surface area contributed by atoms with Gasteiger partial charge >= 0.3 is 0 Å². The molecule has 0 radical (unpaired) electrons. The molecular weight excluding hydrogens is 666 g/mol. The van der Waals surface area contributed by atoms with Crippen LogP contribution in [0.25, 0.3) is 10.9 Å². The van der Waals surface area contributed by atoms with E-state index in [1.807, 2.05) is 13.0 Å². The Morgan fingerprint density at radius 3 is 2.61 bits per heavy atom. The molecule has 2 aromatic carbocycles. The van der Waals surface area contributed by atoms with Crippen LogP contribution >= 0.6 is 47.8 Å². The molecule has 0 amide bonds. The van der Waals surface area contributed by atoms with Crippen LogP contribution in [0.4, 0.5) is 5.69 Å². The molecule has 0 N–H and O–H groups in total. The lowest BCUT2D eigenvalue weighted by molar-refractivity contribution is -0.385. The van der Waals surface area contributed by atoms with Crippen molar-refractivity contribution < 1.29 is 14.4 Å². The van der Waals surface area contributed by atoms with Gasteiger partial charge in [0.1, 0.15) is 12.0 Å². The van der Waals surface area contributed by atoms with E-state index in [4.69, 9.17) is 9.47 Å². The number of hydrogen-bond donors (Lipinski definition) is 0. The third-order valence-corrected chi connectivity index (χ3v) is 7.51. The van der Waals surface area contributed by atoms with Crippen molar-refractivity contribution in [1.82, 2.24) is 14.6 Å². The number of pyridine rings is 1. The molecule has 0 aliphatic carbocycles. The van der Waals surface area contributed by atoms with E-state index in [2.05, 4.69) is 62.9 Å². The van der Waals surface area contributed by atoms with Crippen LogP contribution in [-0.4, -0.2) is 32.4 Å². The molecule has 13 heteroatoms. The number of ether oxygens (including phenoxy) is 2. The highest BCUT2D eigenvalue weighted by Gasteiger charge is 2.19. The Bertz CT molecular complexity index is 1570. The van der Waals surface area contributed by atoms with Gasteiger partial charge in [-0.25, -0.2) is 9.97 Å². The standard InChI is InChI=1S/C23H16Br3N5O5/c1-3-35-18-8-13(10-28-30-12(2)29-17-6-4-14(24)9-16(17)23(30)32)20(25)21(26)22(18)36-19-7-5-15(11-27-19)31(33)34/h4-11H,3H2,1-2H3. The maximum atomic E-state index is 13.0. The fraction of sp³-hybridized carbons (Fsp3) is 0.130. The molecule has 0 saturated heterocycles. The van der Waals surface area contributed by atoms with Crippen molar-refractivity contribution in [3.63, 3.8) is 0 Å². The van der Waals surface area contributed by atoms with Crippen LogP contribution in [0.5, 0.6) is 17.4 Å². The molecule has 4 aromatic rings. The van der Waals surface area contributed by atoms with Crippen LogP contribution in [0.1, 0.15) is 18.3 Å². The first-order valence-corrected chi connectivity index (χ1v) is 12.7. The first-order chi connectivity index (χ1) is 17.2. The van der Waals surface area contributed by atoms with E-state index in [-0.39, 0.29) is 17.1 Å². The molecule has 0 spiro atoms. The van der Waals surface area contributed by atoms with Crippen LogP contribution in [0.3, 0.4) is 0 Å². The highest BCUT2D eigenvalue weighted by atomic mass is 79.9. The third kappa shape index (κ3) is 5.32. The Hall–Kier alpha value is -3.16. The Morgan fingerprint density at radius 2 is 1.94 bits per heavy atom. The molecule has 184 valence electrons. The zero-order chi connectivity index (χ0) is 26.0. The van der Waals surface area contributed by atoms with E-state index >= 15 is 0 Å². The summed E-state index contributed by atoms with van der Waals surface area (Å²) in [6, 6.07) is 9.67. The van der Waals surface area contributed by atoms with Gasteiger partial charge < -0.3 is 9.47 Å². The van der Waals surface area contributed by atoms with Crippen LogP contribution in [0.2, 0.25) is 0 Å². The van der Waals surface area contributed by atoms with Gasteiger partial charge in [0, 0.05) is 26.6 Å². The van der Waals surface area contributed by atoms with Gasteiger partial charge in [-0.05, 0) is 70.0 Å². The average molecular weight is 682 g/mol. The van der Waals surface area contributed by atoms with Crippen LogP contribution in [0.15, 0.2) is 65.9 Å². The van der Waals surface area contributed by atoms with Gasteiger partial charge in [-0.1, -0.05) is 15.9 Å². The lowest BCUT2D eigenvalue weighted by atomic mass is 10.2. The van der Waals surface area contributed by atoms with Gasteiger partial charge in [-0.3, -0.25) is 14.9 Å². The summed E-state index contributed by atoms with van der Waals surface area (Å²) >= 11 is 10.4. The lowest BCUT2D eigenvalue weighted by Crippen LogP contribution is -2.20. The molecule has 0 aliphatic rings. The minimum Gasteiger partial charge on any atom is -0.490 e. The van der Waals surface area contributed by atoms with Gasteiger partial charge in [0.05, 0.1) is 33.1 Å². The predicted molar refractivity (Wildman–Crippen MR) is 145 cm³/mol. The summed E-state index contributed by atoms with van der Waals surface area (Å²) in [5, 5.41) is 15.7. The lowest BCUT2D eigenvalue weighted by Gasteiger charge is -2.15. The summed E-state index contributed by atoms with van der Waals surface area (Å²) in [7, 11) is 0. The summed E-state index contributed by atoms with van der Waals surface area (Å²) in [5.74, 6) is 1.26. The zero-order valence-electron chi connectivity index (χ0n) is 18.7. The molecule has 0 aliphatic heterocycles. The monoisotopic (exact) mass is 679 g/mol. The van der Waals surface area contributed by atoms with Crippen molar-refractivity contribution in [1.29, 1.82) is 0 Å². The quantitative estimate of drug-likeness (QED) is 0.126. The van der Waals surface area contributed by atoms with E-state index in [0.29, 0.717) is 49.3 Å². The summed E-state index contributed by atoms with van der Waals surface area (Å²) in [6.45, 7) is 3.86. The van der Waals surface area contributed by atoms with E-state index in [1.54, 1.807) is 25.1 Å². The van der Waals surface area contributed by atoms with Crippen molar-refractivity contribution in [2.24, 2.45) is 5.10 Å². The number of fused-ring (bicyclic) bond motifs is 1. The number of rotatable bonds is 7. The first-order valence-electron chi connectivity index (χ1n) is 10.4. The number of aromatic nitrogens is 3. The van der Waals surface area contributed by atoms with E-state index in [9.17, 15) is 14.9 Å². The molecular formula is C23H16Br3N5O5. The summed E-state index contributed by atoms with van der Waals surface area (Å²) < 4.78 is 14.7. The largest absolute Gasteiger partial charge is 0.490 e. The summed E-state index contributed by atoms with van der Waals surface area (Å²) in [6.07, 6.45) is 2.61. The van der Waals surface area contributed by atoms with Crippen molar-refractivity contribution in [3.05, 3.63) is 87.9 Å². The molecule has 0 saturated carbocycles. The van der Waals surface area contributed by atoms with Crippen LogP contribution < -0.4 is 15.0 Å². The highest BCUT2D eigenvalue weighted by Crippen LogP contribution is 2.44. The summed E-state index contributed by atoms with van der Waals surface area (Å²) in [4.78, 5) is 31.8. The maximum absolute atomic E-state index is 13.0. The fourth-order valence-electron chi connectivity index (χ4n) is 3.22. The van der Waals surface area contributed by atoms with E-state index in [0.717, 1.165) is 10.7 Å². The van der Waals surface area contributed by atoms with Crippen molar-refractivity contribution >= 4 is 70.6 Å². The average Bonchev–Trinajstić information content (AvgIpc) is 2.85. The van der Waals surface area contributed by atoms with E-state index in [1.165, 1.54) is 23.0 Å². The smallest absolute Gasteiger partial charge is 0.287 e. The number of benzene rings is 2. The molecule has 2 heterocycles. The number of nitro groups is 1. The third-order valence-electron chi connectivity index (χ3n) is 4.88. The second-order valence-corrected chi connectivity index (χ2v) is 9.75. The minimum atomic E-state index is -0.542. The normalized spacial score (nSPS) is 11.2. The Morgan fingerprint density at radius 1 is 1.17 bits per heavy atom. The molecule has 2 aromatic heterocycles. The van der Waals surface area contributed by atoms with Gasteiger partial charge in [0.2, 0.25) is 5.88 Å². The predicted octanol–water partition coefficient (Wildman–Crippen LogP) is 6.37. The van der Waals surface area contributed by atoms with Gasteiger partial charge in [0.15, 0.2) is 11.5 Å². The van der Waals surface area contributed by atoms with Gasteiger partial charge in [-0.2, -0.15) is 9.78 Å². The molecule has 10 nitrogen and oxygen atoms in total. The highest BCUT2D eigenvalue weighted by molar-refractivity contribution is 9.13. The molecule has 0 bridgehead atoms. The molecule has 36 heavy (non-hydrogen) atoms. The van der Waals surface area contributed by atoms with E-state index < -0.39 is 4.92 Å². The van der Waals surface area contributed by atoms with Crippen molar-refractivity contribution in [2.75, 3.05) is 6.61 Å². The van der Waals surface area contributed by atoms with Gasteiger partial charge in [-0.15, -0.1) is 0 Å². The Balaban J connectivity index is 1.74. The maximum Gasteiger partial charge on any atom is 0.287 e. The number of hydrogen-bond acceptors (Lipinski definition) is 8. The zero-order valence-corrected chi connectivity index (χ0v) is 23.5. The molecule has 4 rings (SSSR count). The number of aryl methyl sites for hydroxylation is 1. The van der Waals surface area contributed by atoms with Crippen molar-refractivity contribution in [3.8, 4) is 17.4 Å². The van der Waals surface area contributed by atoms with Crippen LogP contribution in [0, 0.1) is 17.0 Å². The Labute approximate surface area is 229 Å². The van der Waals surface area contributed by atoms with Gasteiger partial charge in [0.25, 0.3) is 11.2 Å². The number of halogens is 3. The first kappa shape index (κ1) is 25.9. The molecule has 0 atom stereocenters. The summed E-state index contributed by atoms with van der Waals surface area (Å²) in [5.41, 5.74) is 0.714.